The fourth-order valence-electron chi connectivity index (χ4n) is 4.26. The minimum atomic E-state index is -0.176. The van der Waals surface area contributed by atoms with Gasteiger partial charge in [-0.15, -0.1) is 0 Å². The van der Waals surface area contributed by atoms with Gasteiger partial charge in [0.25, 0.3) is 5.91 Å². The second kappa shape index (κ2) is 10.3. The quantitative estimate of drug-likeness (QED) is 0.497. The molecular formula is C23H30N6O2. The van der Waals surface area contributed by atoms with Crippen LogP contribution in [0.1, 0.15) is 40.9 Å². The zero-order chi connectivity index (χ0) is 21.5. The first-order chi connectivity index (χ1) is 15.2. The fourth-order valence-corrected chi connectivity index (χ4v) is 4.26. The molecular weight excluding hydrogens is 392 g/mol. The number of piperidine rings is 1. The van der Waals surface area contributed by atoms with Crippen molar-refractivity contribution in [3.8, 4) is 0 Å². The summed E-state index contributed by atoms with van der Waals surface area (Å²) in [6, 6.07) is 10.6. The van der Waals surface area contributed by atoms with Crippen LogP contribution in [0, 0.1) is 0 Å². The lowest BCUT2D eigenvalue weighted by Gasteiger charge is -2.30. The lowest BCUT2D eigenvalue weighted by atomic mass is 10.00. The molecule has 1 aromatic carbocycles. The number of carbonyl (C=O) groups is 2. The number of nitrogens with one attached hydrogen (secondary N) is 2. The van der Waals surface area contributed by atoms with Crippen LogP contribution < -0.4 is 10.6 Å². The standard InChI is InChI=1S/C23H30N6O2/c30-17-29-12-7-20(8-13-29)27-22-14-21(25-16-26-22)23(31)24-9-3-10-28-11-6-18-4-1-2-5-19(18)15-28/h1-2,4-5,14,16-17,20H,3,6-13,15H2,(H,24,31)(H,25,26,27). The van der Waals surface area contributed by atoms with Gasteiger partial charge >= 0.3 is 0 Å². The molecule has 164 valence electrons. The average Bonchev–Trinajstić information content (AvgIpc) is 2.82. The Labute approximate surface area is 183 Å². The van der Waals surface area contributed by atoms with Crippen molar-refractivity contribution >= 4 is 18.1 Å². The van der Waals surface area contributed by atoms with Crippen molar-refractivity contribution in [2.45, 2.75) is 38.3 Å². The Morgan fingerprint density at radius 2 is 1.94 bits per heavy atom. The van der Waals surface area contributed by atoms with Crippen LogP contribution in [0.2, 0.25) is 0 Å². The molecule has 31 heavy (non-hydrogen) atoms. The molecule has 4 rings (SSSR count). The van der Waals surface area contributed by atoms with E-state index in [4.69, 9.17) is 0 Å². The van der Waals surface area contributed by atoms with Crippen LogP contribution in [-0.4, -0.2) is 70.9 Å². The largest absolute Gasteiger partial charge is 0.367 e. The number of likely N-dealkylation sites (tertiary alicyclic amines) is 1. The van der Waals surface area contributed by atoms with Gasteiger partial charge in [-0.1, -0.05) is 24.3 Å². The Balaban J connectivity index is 1.19. The number of benzene rings is 1. The third-order valence-electron chi connectivity index (χ3n) is 6.08. The van der Waals surface area contributed by atoms with Gasteiger partial charge in [0.15, 0.2) is 0 Å². The topological polar surface area (TPSA) is 90.5 Å². The third kappa shape index (κ3) is 5.79. The van der Waals surface area contributed by atoms with E-state index in [0.717, 1.165) is 64.8 Å². The van der Waals surface area contributed by atoms with Crippen LogP contribution in [0.4, 0.5) is 5.82 Å². The van der Waals surface area contributed by atoms with Gasteiger partial charge in [-0.2, -0.15) is 0 Å². The summed E-state index contributed by atoms with van der Waals surface area (Å²) in [7, 11) is 0. The first-order valence-electron chi connectivity index (χ1n) is 11.1. The SMILES string of the molecule is O=CN1CCC(Nc2cc(C(=O)NCCCN3CCc4ccccc4C3)ncn2)CC1. The van der Waals surface area contributed by atoms with Crippen molar-refractivity contribution in [1.82, 2.24) is 25.1 Å². The van der Waals surface area contributed by atoms with E-state index in [9.17, 15) is 9.59 Å². The monoisotopic (exact) mass is 422 g/mol. The molecule has 1 saturated heterocycles. The number of amides is 2. The summed E-state index contributed by atoms with van der Waals surface area (Å²) >= 11 is 0. The van der Waals surface area contributed by atoms with Gasteiger partial charge in [-0.05, 0) is 36.8 Å². The molecule has 0 unspecified atom stereocenters. The highest BCUT2D eigenvalue weighted by Crippen LogP contribution is 2.18. The Hall–Kier alpha value is -3.00. The van der Waals surface area contributed by atoms with E-state index in [1.54, 1.807) is 11.0 Å². The van der Waals surface area contributed by atoms with Gasteiger partial charge < -0.3 is 15.5 Å². The maximum Gasteiger partial charge on any atom is 0.270 e. The predicted molar refractivity (Wildman–Crippen MR) is 119 cm³/mol. The molecule has 1 fully saturated rings. The summed E-state index contributed by atoms with van der Waals surface area (Å²) in [5.74, 6) is 0.474. The summed E-state index contributed by atoms with van der Waals surface area (Å²) in [6.45, 7) is 5.11. The molecule has 8 heteroatoms. The molecule has 8 nitrogen and oxygen atoms in total. The lowest BCUT2D eigenvalue weighted by Crippen LogP contribution is -2.38. The lowest BCUT2D eigenvalue weighted by molar-refractivity contribution is -0.118. The minimum Gasteiger partial charge on any atom is -0.367 e. The smallest absolute Gasteiger partial charge is 0.270 e. The van der Waals surface area contributed by atoms with E-state index in [0.29, 0.717) is 18.1 Å². The van der Waals surface area contributed by atoms with Crippen LogP contribution >= 0.6 is 0 Å². The minimum absolute atomic E-state index is 0.176. The highest BCUT2D eigenvalue weighted by Gasteiger charge is 2.19. The number of hydrogen-bond acceptors (Lipinski definition) is 6. The van der Waals surface area contributed by atoms with Crippen LogP contribution in [0.25, 0.3) is 0 Å². The number of fused-ring (bicyclic) bond motifs is 1. The zero-order valence-electron chi connectivity index (χ0n) is 17.8. The van der Waals surface area contributed by atoms with Crippen LogP contribution in [-0.2, 0) is 17.8 Å². The van der Waals surface area contributed by atoms with Crippen molar-refractivity contribution < 1.29 is 9.59 Å². The second-order valence-electron chi connectivity index (χ2n) is 8.25. The Kier molecular flexibility index (Phi) is 7.09. The molecule has 2 aromatic rings. The summed E-state index contributed by atoms with van der Waals surface area (Å²) in [4.78, 5) is 35.9. The number of hydrogen-bond donors (Lipinski definition) is 2. The van der Waals surface area contributed by atoms with Gasteiger partial charge in [0.2, 0.25) is 6.41 Å². The van der Waals surface area contributed by atoms with Crippen molar-refractivity contribution in [3.63, 3.8) is 0 Å². The summed E-state index contributed by atoms with van der Waals surface area (Å²) in [5.41, 5.74) is 3.24. The van der Waals surface area contributed by atoms with E-state index in [1.807, 2.05) is 0 Å². The predicted octanol–water partition coefficient (Wildman–Crippen LogP) is 1.69. The zero-order valence-corrected chi connectivity index (χ0v) is 17.8. The maximum absolute atomic E-state index is 12.5. The first-order valence-corrected chi connectivity index (χ1v) is 11.1. The van der Waals surface area contributed by atoms with E-state index in [-0.39, 0.29) is 11.9 Å². The Morgan fingerprint density at radius 1 is 1.13 bits per heavy atom. The van der Waals surface area contributed by atoms with Crippen LogP contribution in [0.15, 0.2) is 36.7 Å². The Bertz CT molecular complexity index is 897. The molecule has 0 aliphatic carbocycles. The molecule has 1 aromatic heterocycles. The fraction of sp³-hybridized carbons (Fsp3) is 0.478. The number of nitrogens with zero attached hydrogens (tertiary/aromatic N) is 4. The van der Waals surface area contributed by atoms with E-state index in [1.165, 1.54) is 17.5 Å². The van der Waals surface area contributed by atoms with Crippen LogP contribution in [0.3, 0.4) is 0 Å². The van der Waals surface area contributed by atoms with Gasteiger partial charge in [-0.25, -0.2) is 9.97 Å². The molecule has 0 spiro atoms. The van der Waals surface area contributed by atoms with Gasteiger partial charge in [0, 0.05) is 51.4 Å². The highest BCUT2D eigenvalue weighted by atomic mass is 16.2. The molecule has 2 aliphatic rings. The number of carbonyl (C=O) groups excluding carboxylic acids is 2. The molecule has 3 heterocycles. The van der Waals surface area contributed by atoms with Gasteiger partial charge in [-0.3, -0.25) is 14.5 Å². The summed E-state index contributed by atoms with van der Waals surface area (Å²) < 4.78 is 0. The van der Waals surface area contributed by atoms with Crippen molar-refractivity contribution in [2.75, 3.05) is 38.0 Å². The Morgan fingerprint density at radius 3 is 2.74 bits per heavy atom. The second-order valence-corrected chi connectivity index (χ2v) is 8.25. The molecule has 0 atom stereocenters. The van der Waals surface area contributed by atoms with Gasteiger partial charge in [0.05, 0.1) is 0 Å². The average molecular weight is 423 g/mol. The molecule has 0 saturated carbocycles. The van der Waals surface area contributed by atoms with E-state index in [2.05, 4.69) is 49.8 Å². The summed E-state index contributed by atoms with van der Waals surface area (Å²) in [5, 5.41) is 6.33. The van der Waals surface area contributed by atoms with Crippen LogP contribution in [0.5, 0.6) is 0 Å². The third-order valence-corrected chi connectivity index (χ3v) is 6.08. The normalized spacial score (nSPS) is 17.1. The molecule has 2 aliphatic heterocycles. The van der Waals surface area contributed by atoms with Gasteiger partial charge in [0.1, 0.15) is 17.8 Å². The number of anilines is 1. The molecule has 2 N–H and O–H groups in total. The van der Waals surface area contributed by atoms with E-state index < -0.39 is 0 Å². The number of aromatic nitrogens is 2. The van der Waals surface area contributed by atoms with E-state index >= 15 is 0 Å². The van der Waals surface area contributed by atoms with Crippen molar-refractivity contribution in [2.24, 2.45) is 0 Å². The maximum atomic E-state index is 12.5. The first kappa shape index (κ1) is 21.2. The molecule has 2 amide bonds. The van der Waals surface area contributed by atoms with Crippen molar-refractivity contribution in [3.05, 3.63) is 53.5 Å². The molecule has 0 radical (unpaired) electrons. The van der Waals surface area contributed by atoms with Crippen molar-refractivity contribution in [1.29, 1.82) is 0 Å². The summed E-state index contributed by atoms with van der Waals surface area (Å²) in [6.07, 6.45) is 6.04. The molecule has 0 bridgehead atoms. The number of rotatable bonds is 8. The highest BCUT2D eigenvalue weighted by molar-refractivity contribution is 5.92.